The smallest absolute Gasteiger partial charge is 0.404 e. The number of nitrogens with one attached hydrogen (secondary N) is 2. The van der Waals surface area contributed by atoms with Crippen molar-refractivity contribution in [1.29, 1.82) is 0 Å². The van der Waals surface area contributed by atoms with Crippen molar-refractivity contribution in [2.75, 3.05) is 58.4 Å². The van der Waals surface area contributed by atoms with Crippen molar-refractivity contribution in [3.63, 3.8) is 0 Å². The van der Waals surface area contributed by atoms with E-state index in [9.17, 15) is 4.79 Å². The predicted octanol–water partition coefficient (Wildman–Crippen LogP) is 4.74. The number of ether oxygens (including phenoxy) is 2. The molecular weight excluding hydrogens is 529 g/mol. The number of hydrogen-bond acceptors (Lipinski definition) is 7. The lowest BCUT2D eigenvalue weighted by Crippen LogP contribution is -2.31. The Labute approximate surface area is 232 Å². The van der Waals surface area contributed by atoms with Crippen LogP contribution in [0.3, 0.4) is 0 Å². The minimum atomic E-state index is -1.06. The zero-order valence-corrected chi connectivity index (χ0v) is 22.6. The molecule has 0 saturated carbocycles. The van der Waals surface area contributed by atoms with Crippen LogP contribution >= 0.6 is 23.2 Å². The van der Waals surface area contributed by atoms with Gasteiger partial charge in [0.1, 0.15) is 0 Å². The van der Waals surface area contributed by atoms with Crippen molar-refractivity contribution in [1.82, 2.24) is 20.4 Å². The van der Waals surface area contributed by atoms with E-state index in [1.165, 1.54) is 11.1 Å². The fraction of sp³-hybridized carbons (Fsp3) is 0.370. The second kappa shape index (κ2) is 13.7. The second-order valence-electron chi connectivity index (χ2n) is 9.04. The number of carbonyl (C=O) groups is 1. The van der Waals surface area contributed by atoms with Crippen LogP contribution in [0.1, 0.15) is 22.6 Å². The molecule has 0 saturated heterocycles. The molecule has 0 fully saturated rings. The van der Waals surface area contributed by atoms with E-state index in [-0.39, 0.29) is 12.5 Å². The Morgan fingerprint density at radius 3 is 2.68 bits per heavy atom. The molecule has 2 aromatic carbocycles. The van der Waals surface area contributed by atoms with Gasteiger partial charge in [-0.3, -0.25) is 0 Å². The van der Waals surface area contributed by atoms with Crippen molar-refractivity contribution in [3.05, 3.63) is 75.4 Å². The Hall–Kier alpha value is -2.95. The third-order valence-electron chi connectivity index (χ3n) is 6.20. The Morgan fingerprint density at radius 1 is 1.11 bits per heavy atom. The van der Waals surface area contributed by atoms with Crippen LogP contribution in [0, 0.1) is 0 Å². The van der Waals surface area contributed by atoms with E-state index in [0.717, 1.165) is 35.6 Å². The summed E-state index contributed by atoms with van der Waals surface area (Å²) < 4.78 is 10.9. The van der Waals surface area contributed by atoms with Gasteiger partial charge in [0.05, 0.1) is 44.0 Å². The molecule has 0 aliphatic carbocycles. The molecule has 0 unspecified atom stereocenters. The van der Waals surface area contributed by atoms with Crippen molar-refractivity contribution in [2.24, 2.45) is 0 Å². The molecule has 4 rings (SSSR count). The normalized spacial score (nSPS) is 15.2. The van der Waals surface area contributed by atoms with Crippen LogP contribution in [0.2, 0.25) is 10.0 Å². The quantitative estimate of drug-likeness (QED) is 0.273. The maximum atomic E-state index is 10.4. The molecule has 0 bridgehead atoms. The molecule has 9 nitrogen and oxygen atoms in total. The molecule has 38 heavy (non-hydrogen) atoms. The fourth-order valence-corrected chi connectivity index (χ4v) is 5.04. The number of amides is 1. The highest BCUT2D eigenvalue weighted by molar-refractivity contribution is 6.35. The molecule has 1 amide bonds. The Balaban J connectivity index is 1.34. The number of benzene rings is 2. The summed E-state index contributed by atoms with van der Waals surface area (Å²) in [7, 11) is 2.10. The van der Waals surface area contributed by atoms with Crippen LogP contribution < -0.4 is 10.6 Å². The lowest BCUT2D eigenvalue weighted by molar-refractivity contribution is 0.0527. The van der Waals surface area contributed by atoms with Crippen LogP contribution in [-0.2, 0) is 16.0 Å². The number of rotatable bonds is 12. The van der Waals surface area contributed by atoms with Crippen LogP contribution in [-0.4, -0.2) is 79.4 Å². The largest absolute Gasteiger partial charge is 0.465 e. The topological polar surface area (TPSA) is 109 Å². The van der Waals surface area contributed by atoms with Gasteiger partial charge in [-0.15, -0.1) is 0 Å². The SMILES string of the molecule is CN1Cc2c(Cl)cc(Cl)cc2[C@H](c2cccc(-c3cc(NCCOCCOCCNC(=O)O)cnn3)c2)C1. The molecular formula is C27H31Cl2N5O4. The molecule has 2 heterocycles. The van der Waals surface area contributed by atoms with Crippen LogP contribution in [0.15, 0.2) is 48.7 Å². The molecule has 1 aromatic heterocycles. The molecule has 1 aliphatic rings. The fourth-order valence-electron chi connectivity index (χ4n) is 4.47. The highest BCUT2D eigenvalue weighted by atomic mass is 35.5. The number of halogens is 2. The lowest BCUT2D eigenvalue weighted by atomic mass is 9.84. The van der Waals surface area contributed by atoms with E-state index in [1.54, 1.807) is 6.20 Å². The molecule has 1 atom stereocenters. The van der Waals surface area contributed by atoms with Crippen molar-refractivity contribution in [2.45, 2.75) is 12.5 Å². The Bertz CT molecular complexity index is 1250. The van der Waals surface area contributed by atoms with Crippen LogP contribution in [0.25, 0.3) is 11.3 Å². The third-order valence-corrected chi connectivity index (χ3v) is 6.76. The first-order valence-electron chi connectivity index (χ1n) is 12.4. The number of anilines is 1. The van der Waals surface area contributed by atoms with Gasteiger partial charge < -0.3 is 30.1 Å². The summed E-state index contributed by atoms with van der Waals surface area (Å²) in [6.07, 6.45) is 0.623. The molecule has 11 heteroatoms. The first-order chi connectivity index (χ1) is 18.4. The van der Waals surface area contributed by atoms with Gasteiger partial charge in [-0.2, -0.15) is 10.2 Å². The highest BCUT2D eigenvalue weighted by Gasteiger charge is 2.27. The van der Waals surface area contributed by atoms with E-state index in [2.05, 4.69) is 44.9 Å². The van der Waals surface area contributed by atoms with E-state index in [0.29, 0.717) is 43.0 Å². The maximum Gasteiger partial charge on any atom is 0.404 e. The van der Waals surface area contributed by atoms with Crippen molar-refractivity contribution >= 4 is 35.0 Å². The van der Waals surface area contributed by atoms with Gasteiger partial charge in [0.15, 0.2) is 0 Å². The van der Waals surface area contributed by atoms with Crippen LogP contribution in [0.5, 0.6) is 0 Å². The molecule has 1 aliphatic heterocycles. The zero-order valence-electron chi connectivity index (χ0n) is 21.1. The summed E-state index contributed by atoms with van der Waals surface area (Å²) in [6, 6.07) is 14.2. The molecule has 0 radical (unpaired) electrons. The zero-order chi connectivity index (χ0) is 26.9. The average Bonchev–Trinajstić information content (AvgIpc) is 2.90. The van der Waals surface area contributed by atoms with E-state index >= 15 is 0 Å². The van der Waals surface area contributed by atoms with Gasteiger partial charge in [0.2, 0.25) is 0 Å². The van der Waals surface area contributed by atoms with Crippen LogP contribution in [0.4, 0.5) is 10.5 Å². The maximum absolute atomic E-state index is 10.4. The van der Waals surface area contributed by atoms with E-state index in [1.807, 2.05) is 30.3 Å². The summed E-state index contributed by atoms with van der Waals surface area (Å²) in [5.41, 5.74) is 6.06. The number of likely N-dealkylation sites (N-methyl/N-ethyl adjacent to an activating group) is 1. The lowest BCUT2D eigenvalue weighted by Gasteiger charge is -2.33. The summed E-state index contributed by atoms with van der Waals surface area (Å²) in [5.74, 6) is 0.142. The number of nitrogens with zero attached hydrogens (tertiary/aromatic N) is 3. The number of carboxylic acid groups (broad SMARTS) is 1. The van der Waals surface area contributed by atoms with Gasteiger partial charge in [-0.25, -0.2) is 4.79 Å². The standard InChI is InChI=1S/C27H31Cl2N5O4/c1-34-16-23(22-12-20(28)13-25(29)24(22)17-34)18-3-2-4-19(11-18)26-14-21(15-32-33-26)30-5-7-37-9-10-38-8-6-31-27(35)36/h2-4,11-15,23,31H,5-10,16-17H2,1H3,(H,30,33)(H,35,36)/t23-/m0/s1. The van der Waals surface area contributed by atoms with Crippen molar-refractivity contribution < 1.29 is 19.4 Å². The van der Waals surface area contributed by atoms with Gasteiger partial charge in [-0.1, -0.05) is 41.4 Å². The molecule has 3 aromatic rings. The van der Waals surface area contributed by atoms with Gasteiger partial charge in [0.25, 0.3) is 0 Å². The van der Waals surface area contributed by atoms with E-state index in [4.69, 9.17) is 37.8 Å². The summed E-state index contributed by atoms with van der Waals surface area (Å²) in [4.78, 5) is 12.6. The number of hydrogen-bond donors (Lipinski definition) is 3. The van der Waals surface area contributed by atoms with E-state index < -0.39 is 6.09 Å². The van der Waals surface area contributed by atoms with Gasteiger partial charge in [-0.05, 0) is 48.0 Å². The first-order valence-corrected chi connectivity index (χ1v) is 13.1. The summed E-state index contributed by atoms with van der Waals surface area (Å²) >= 11 is 12.9. The first kappa shape index (κ1) is 28.1. The number of aromatic nitrogens is 2. The second-order valence-corrected chi connectivity index (χ2v) is 9.89. The van der Waals surface area contributed by atoms with Crippen molar-refractivity contribution in [3.8, 4) is 11.3 Å². The molecule has 202 valence electrons. The summed E-state index contributed by atoms with van der Waals surface area (Å²) in [5, 5.41) is 23.9. The Kier molecular flexibility index (Phi) is 10.1. The molecule has 3 N–H and O–H groups in total. The minimum Gasteiger partial charge on any atom is -0.465 e. The monoisotopic (exact) mass is 559 g/mol. The van der Waals surface area contributed by atoms with Gasteiger partial charge in [0, 0.05) is 47.7 Å². The Morgan fingerprint density at radius 2 is 1.89 bits per heavy atom. The highest BCUT2D eigenvalue weighted by Crippen LogP contribution is 2.39. The minimum absolute atomic E-state index is 0.142. The predicted molar refractivity (Wildman–Crippen MR) is 148 cm³/mol. The number of fused-ring (bicyclic) bond motifs is 1. The third kappa shape index (κ3) is 7.78. The summed E-state index contributed by atoms with van der Waals surface area (Å²) in [6.45, 7) is 4.14. The van der Waals surface area contributed by atoms with Gasteiger partial charge >= 0.3 is 6.09 Å². The average molecular weight is 560 g/mol. The molecule has 0 spiro atoms.